The largest absolute Gasteiger partial charge is 0.493 e. The summed E-state index contributed by atoms with van der Waals surface area (Å²) in [7, 11) is 4.43. The molecule has 1 saturated carbocycles. The lowest BCUT2D eigenvalue weighted by molar-refractivity contribution is -0.0399. The Morgan fingerprint density at radius 1 is 1.08 bits per heavy atom. The molecule has 1 aliphatic carbocycles. The highest BCUT2D eigenvalue weighted by Crippen LogP contribution is 2.38. The Labute approximate surface area is 213 Å². The number of halogens is 2. The molecule has 1 atom stereocenters. The normalized spacial score (nSPS) is 16.3. The van der Waals surface area contributed by atoms with E-state index in [2.05, 4.69) is 15.6 Å². The van der Waals surface area contributed by atoms with Gasteiger partial charge in [-0.3, -0.25) is 9.59 Å². The molecule has 3 rings (SSSR count). The van der Waals surface area contributed by atoms with Gasteiger partial charge in [-0.25, -0.2) is 13.8 Å². The number of amides is 2. The average molecular weight is 526 g/mol. The summed E-state index contributed by atoms with van der Waals surface area (Å²) in [5.74, 6) is -2.08. The Bertz CT molecular complexity index is 1040. The number of hydrogen-bond acceptors (Lipinski definition) is 7. The van der Waals surface area contributed by atoms with Gasteiger partial charge in [0.15, 0.2) is 11.5 Å². The van der Waals surface area contributed by atoms with Crippen LogP contribution in [0.2, 0.25) is 0 Å². The van der Waals surface area contributed by atoms with E-state index in [4.69, 9.17) is 14.2 Å². The van der Waals surface area contributed by atoms with Crippen LogP contribution >= 0.6 is 11.3 Å². The molecule has 0 spiro atoms. The molecule has 1 aromatic heterocycles. The second kappa shape index (κ2) is 11.9. The van der Waals surface area contributed by atoms with Crippen molar-refractivity contribution in [1.82, 2.24) is 15.6 Å². The molecule has 1 heterocycles. The molecule has 8 nitrogen and oxygen atoms in total. The Morgan fingerprint density at radius 2 is 1.69 bits per heavy atom. The maximum Gasteiger partial charge on any atom is 0.270 e. The van der Waals surface area contributed by atoms with Crippen molar-refractivity contribution in [1.29, 1.82) is 0 Å². The fourth-order valence-corrected chi connectivity index (χ4v) is 5.01. The molecule has 36 heavy (non-hydrogen) atoms. The predicted molar refractivity (Wildman–Crippen MR) is 133 cm³/mol. The second-order valence-electron chi connectivity index (χ2n) is 9.24. The summed E-state index contributed by atoms with van der Waals surface area (Å²) in [6.45, 7) is 4.05. The summed E-state index contributed by atoms with van der Waals surface area (Å²) in [6, 6.07) is 2.40. The summed E-state index contributed by atoms with van der Waals surface area (Å²) >= 11 is 1.27. The Kier molecular flexibility index (Phi) is 9.10. The van der Waals surface area contributed by atoms with E-state index >= 15 is 0 Å². The third-order valence-corrected chi connectivity index (χ3v) is 7.00. The van der Waals surface area contributed by atoms with E-state index in [0.717, 1.165) is 0 Å². The molecule has 0 bridgehead atoms. The van der Waals surface area contributed by atoms with Crippen LogP contribution in [0, 0.1) is 5.92 Å². The molecule has 11 heteroatoms. The summed E-state index contributed by atoms with van der Waals surface area (Å²) in [5, 5.41) is 8.03. The monoisotopic (exact) mass is 525 g/mol. The van der Waals surface area contributed by atoms with Crippen molar-refractivity contribution in [3.8, 4) is 17.2 Å². The summed E-state index contributed by atoms with van der Waals surface area (Å²) < 4.78 is 42.8. The highest BCUT2D eigenvalue weighted by Gasteiger charge is 2.35. The molecule has 2 aromatic rings. The maximum atomic E-state index is 13.4. The Hall–Kier alpha value is -2.95. The van der Waals surface area contributed by atoms with Gasteiger partial charge >= 0.3 is 0 Å². The highest BCUT2D eigenvalue weighted by atomic mass is 32.1. The van der Waals surface area contributed by atoms with Gasteiger partial charge in [-0.05, 0) is 37.3 Å². The quantitative estimate of drug-likeness (QED) is 0.453. The van der Waals surface area contributed by atoms with Crippen LogP contribution in [0.3, 0.4) is 0 Å². The van der Waals surface area contributed by atoms with E-state index < -0.39 is 17.9 Å². The van der Waals surface area contributed by atoms with Crippen molar-refractivity contribution >= 4 is 23.2 Å². The molecule has 2 N–H and O–H groups in total. The second-order valence-corrected chi connectivity index (χ2v) is 10.1. The van der Waals surface area contributed by atoms with E-state index in [-0.39, 0.29) is 49.2 Å². The fourth-order valence-electron chi connectivity index (χ4n) is 4.14. The smallest absolute Gasteiger partial charge is 0.270 e. The number of nitrogens with zero attached hydrogens (tertiary/aromatic N) is 1. The number of methoxy groups -OCH3 is 3. The van der Waals surface area contributed by atoms with Crippen molar-refractivity contribution in [2.75, 3.05) is 21.3 Å². The van der Waals surface area contributed by atoms with Crippen molar-refractivity contribution in [3.05, 3.63) is 33.8 Å². The zero-order valence-corrected chi connectivity index (χ0v) is 22.0. The van der Waals surface area contributed by atoms with Gasteiger partial charge in [-0.1, -0.05) is 13.8 Å². The van der Waals surface area contributed by atoms with Gasteiger partial charge in [-0.15, -0.1) is 11.3 Å². The van der Waals surface area contributed by atoms with Gasteiger partial charge < -0.3 is 24.8 Å². The molecule has 198 valence electrons. The zero-order valence-electron chi connectivity index (χ0n) is 21.2. The van der Waals surface area contributed by atoms with Gasteiger partial charge in [0, 0.05) is 29.8 Å². The van der Waals surface area contributed by atoms with E-state index in [1.165, 1.54) is 32.7 Å². The summed E-state index contributed by atoms with van der Waals surface area (Å²) in [5.41, 5.74) is 0.532. The van der Waals surface area contributed by atoms with Crippen molar-refractivity contribution in [2.24, 2.45) is 5.92 Å². The summed E-state index contributed by atoms with van der Waals surface area (Å²) in [4.78, 5) is 30.3. The first-order chi connectivity index (χ1) is 17.1. The van der Waals surface area contributed by atoms with Gasteiger partial charge in [0.25, 0.3) is 11.8 Å². The number of ether oxygens (including phenoxy) is 3. The lowest BCUT2D eigenvalue weighted by Gasteiger charge is -2.28. The maximum absolute atomic E-state index is 13.4. The first-order valence-corrected chi connectivity index (χ1v) is 12.7. The summed E-state index contributed by atoms with van der Waals surface area (Å²) in [6.07, 6.45) is 0.600. The average Bonchev–Trinajstić information content (AvgIpc) is 3.34. The van der Waals surface area contributed by atoms with Gasteiger partial charge in [0.05, 0.1) is 27.4 Å². The number of aromatic nitrogens is 1. The Morgan fingerprint density at radius 3 is 2.22 bits per heavy atom. The van der Waals surface area contributed by atoms with Gasteiger partial charge in [0.2, 0.25) is 11.7 Å². The van der Waals surface area contributed by atoms with Crippen LogP contribution in [0.25, 0.3) is 0 Å². The number of hydrogen-bond donors (Lipinski definition) is 2. The minimum atomic E-state index is -2.66. The van der Waals surface area contributed by atoms with Gasteiger partial charge in [-0.2, -0.15) is 0 Å². The molecule has 0 aliphatic heterocycles. The number of thiazole rings is 1. The Balaban J connectivity index is 1.75. The van der Waals surface area contributed by atoms with Crippen molar-refractivity contribution in [3.63, 3.8) is 0 Å². The molecule has 0 radical (unpaired) electrons. The number of benzene rings is 1. The van der Waals surface area contributed by atoms with Crippen molar-refractivity contribution in [2.45, 2.75) is 64.0 Å². The van der Waals surface area contributed by atoms with Crippen LogP contribution in [-0.4, -0.2) is 50.1 Å². The van der Waals surface area contributed by atoms with E-state index in [0.29, 0.717) is 34.2 Å². The van der Waals surface area contributed by atoms with E-state index in [1.807, 2.05) is 13.8 Å². The number of nitrogens with one attached hydrogen (secondary N) is 2. The lowest BCUT2D eigenvalue weighted by atomic mass is 9.92. The lowest BCUT2D eigenvalue weighted by Crippen LogP contribution is -2.40. The number of alkyl halides is 2. The van der Waals surface area contributed by atoms with Crippen LogP contribution in [0.1, 0.15) is 77.8 Å². The SMILES string of the molecule is COc1cc(C(=O)NC(CC(C)C)c2nc(C(=O)NC3CCC(F)(F)CC3)cs2)cc(OC)c1OC. The minimum absolute atomic E-state index is 0.211. The minimum Gasteiger partial charge on any atom is -0.493 e. The first kappa shape index (κ1) is 27.6. The van der Waals surface area contributed by atoms with E-state index in [9.17, 15) is 18.4 Å². The molecule has 1 aliphatic rings. The predicted octanol–water partition coefficient (Wildman–Crippen LogP) is 4.99. The molecule has 0 saturated heterocycles. The standard InChI is InChI=1S/C25H33F2N3O5S/c1-14(2)10-17(29-22(31)15-11-19(33-3)21(35-5)20(12-15)34-4)24-30-18(13-36-24)23(32)28-16-6-8-25(26,27)9-7-16/h11-14,16-17H,6-10H2,1-5H3,(H,28,32)(H,29,31). The van der Waals surface area contributed by atoms with Crippen LogP contribution in [0.15, 0.2) is 17.5 Å². The topological polar surface area (TPSA) is 98.8 Å². The van der Waals surface area contributed by atoms with E-state index in [1.54, 1.807) is 17.5 Å². The third kappa shape index (κ3) is 6.83. The number of carbonyl (C=O) groups is 2. The third-order valence-electron chi connectivity index (χ3n) is 6.04. The molecule has 1 fully saturated rings. The van der Waals surface area contributed by atoms with Gasteiger partial charge in [0.1, 0.15) is 10.7 Å². The number of carbonyl (C=O) groups excluding carboxylic acids is 2. The number of rotatable bonds is 10. The van der Waals surface area contributed by atoms with Crippen LogP contribution in [-0.2, 0) is 0 Å². The van der Waals surface area contributed by atoms with Crippen LogP contribution in [0.4, 0.5) is 8.78 Å². The molecule has 1 aromatic carbocycles. The van der Waals surface area contributed by atoms with Crippen LogP contribution < -0.4 is 24.8 Å². The highest BCUT2D eigenvalue weighted by molar-refractivity contribution is 7.09. The fraction of sp³-hybridized carbons (Fsp3) is 0.560. The zero-order chi connectivity index (χ0) is 26.5. The van der Waals surface area contributed by atoms with Crippen molar-refractivity contribution < 1.29 is 32.6 Å². The molecular formula is C25H33F2N3O5S. The first-order valence-electron chi connectivity index (χ1n) is 11.8. The molecule has 1 unspecified atom stereocenters. The van der Waals surface area contributed by atoms with Crippen LogP contribution in [0.5, 0.6) is 17.2 Å². The molecular weight excluding hydrogens is 492 g/mol. The molecule has 2 amide bonds.